The Bertz CT molecular complexity index is 448. The molecule has 1 aromatic rings. The highest BCUT2D eigenvalue weighted by molar-refractivity contribution is 5.49. The third-order valence-electron chi connectivity index (χ3n) is 3.69. The smallest absolute Gasteiger partial charge is 0.152 e. The van der Waals surface area contributed by atoms with Gasteiger partial charge in [0.05, 0.1) is 6.10 Å². The fraction of sp³-hybridized carbons (Fsp3) is 0.600. The van der Waals surface area contributed by atoms with Gasteiger partial charge in [-0.2, -0.15) is 0 Å². The quantitative estimate of drug-likeness (QED) is 0.899. The molecule has 4 heteroatoms. The molecule has 0 aromatic heterocycles. The fourth-order valence-electron chi connectivity index (χ4n) is 2.42. The molecule has 1 heterocycles. The molecule has 2 atom stereocenters. The van der Waals surface area contributed by atoms with Crippen LogP contribution in [-0.2, 0) is 4.74 Å². The van der Waals surface area contributed by atoms with Crippen molar-refractivity contribution in [3.05, 3.63) is 29.3 Å². The molecule has 1 saturated heterocycles. The molecule has 1 aromatic carbocycles. The van der Waals surface area contributed by atoms with E-state index < -0.39 is 11.6 Å². The summed E-state index contributed by atoms with van der Waals surface area (Å²) in [7, 11) is 0. The van der Waals surface area contributed by atoms with E-state index in [0.717, 1.165) is 12.8 Å². The van der Waals surface area contributed by atoms with Gasteiger partial charge in [-0.1, -0.05) is 19.9 Å². The summed E-state index contributed by atoms with van der Waals surface area (Å²) in [5.41, 5.74) is 0.450. The summed E-state index contributed by atoms with van der Waals surface area (Å²) in [5.74, 6) is -0.611. The van der Waals surface area contributed by atoms with Gasteiger partial charge in [0.25, 0.3) is 0 Å². The maximum atomic E-state index is 13.9. The molecule has 2 unspecified atom stereocenters. The molecule has 19 heavy (non-hydrogen) atoms. The molecule has 1 aliphatic heterocycles. The van der Waals surface area contributed by atoms with Crippen molar-refractivity contribution in [3.8, 4) is 0 Å². The van der Waals surface area contributed by atoms with Crippen molar-refractivity contribution in [1.29, 1.82) is 0 Å². The molecule has 0 saturated carbocycles. The molecule has 0 radical (unpaired) electrons. The third-order valence-corrected chi connectivity index (χ3v) is 3.69. The molecule has 106 valence electrons. The highest BCUT2D eigenvalue weighted by Crippen LogP contribution is 2.27. The highest BCUT2D eigenvalue weighted by Gasteiger charge is 2.26. The zero-order valence-electron chi connectivity index (χ0n) is 11.7. The van der Waals surface area contributed by atoms with Gasteiger partial charge in [0.1, 0.15) is 11.5 Å². The van der Waals surface area contributed by atoms with Crippen LogP contribution in [0.4, 0.5) is 14.5 Å². The van der Waals surface area contributed by atoms with Crippen LogP contribution in [0.15, 0.2) is 12.1 Å². The van der Waals surface area contributed by atoms with Crippen LogP contribution in [0.25, 0.3) is 0 Å². The van der Waals surface area contributed by atoms with E-state index in [0.29, 0.717) is 18.1 Å². The zero-order valence-corrected chi connectivity index (χ0v) is 11.7. The van der Waals surface area contributed by atoms with Gasteiger partial charge in [-0.25, -0.2) is 8.78 Å². The lowest BCUT2D eigenvalue weighted by Crippen LogP contribution is -2.37. The van der Waals surface area contributed by atoms with E-state index in [-0.39, 0.29) is 17.8 Å². The van der Waals surface area contributed by atoms with Crippen LogP contribution in [0, 0.1) is 24.5 Å². The number of nitrogens with one attached hydrogen (secondary N) is 1. The molecule has 1 aliphatic rings. The summed E-state index contributed by atoms with van der Waals surface area (Å²) in [5, 5.41) is 3.01. The average Bonchev–Trinajstić information content (AvgIpc) is 2.39. The molecule has 1 N–H and O–H groups in total. The van der Waals surface area contributed by atoms with Crippen LogP contribution in [0.3, 0.4) is 0 Å². The lowest BCUT2D eigenvalue weighted by atomic mass is 9.95. The Balaban J connectivity index is 2.11. The Morgan fingerprint density at radius 3 is 2.74 bits per heavy atom. The summed E-state index contributed by atoms with van der Waals surface area (Å²) in [6.07, 6.45) is 1.71. The predicted molar refractivity (Wildman–Crippen MR) is 72.3 cm³/mol. The predicted octanol–water partition coefficient (Wildman–Crippen LogP) is 3.89. The van der Waals surface area contributed by atoms with Crippen molar-refractivity contribution in [2.45, 2.75) is 45.8 Å². The molecule has 1 fully saturated rings. The Morgan fingerprint density at radius 2 is 2.05 bits per heavy atom. The van der Waals surface area contributed by atoms with Gasteiger partial charge < -0.3 is 10.1 Å². The first kappa shape index (κ1) is 14.3. The largest absolute Gasteiger partial charge is 0.378 e. The van der Waals surface area contributed by atoms with Crippen molar-refractivity contribution in [1.82, 2.24) is 0 Å². The molecule has 2 nitrogen and oxygen atoms in total. The zero-order chi connectivity index (χ0) is 14.0. The van der Waals surface area contributed by atoms with E-state index in [9.17, 15) is 8.78 Å². The van der Waals surface area contributed by atoms with Gasteiger partial charge in [-0.05, 0) is 37.3 Å². The van der Waals surface area contributed by atoms with E-state index in [4.69, 9.17) is 4.74 Å². The average molecular weight is 269 g/mol. The number of rotatable bonds is 3. The number of hydrogen-bond donors (Lipinski definition) is 1. The molecule has 0 aliphatic carbocycles. The van der Waals surface area contributed by atoms with Crippen molar-refractivity contribution in [2.75, 3.05) is 11.9 Å². The molecule has 0 spiro atoms. The number of ether oxygens (including phenoxy) is 1. The minimum absolute atomic E-state index is 0.00518. The SMILES string of the molecule is Cc1ccc(F)c(NC2CCOC(C(C)C)C2)c1F. The second-order valence-corrected chi connectivity index (χ2v) is 5.57. The van der Waals surface area contributed by atoms with Gasteiger partial charge >= 0.3 is 0 Å². The van der Waals surface area contributed by atoms with Crippen molar-refractivity contribution < 1.29 is 13.5 Å². The van der Waals surface area contributed by atoms with Crippen LogP contribution < -0.4 is 5.32 Å². The summed E-state index contributed by atoms with van der Waals surface area (Å²) >= 11 is 0. The maximum absolute atomic E-state index is 13.9. The van der Waals surface area contributed by atoms with Crippen LogP contribution in [-0.4, -0.2) is 18.8 Å². The van der Waals surface area contributed by atoms with E-state index >= 15 is 0 Å². The maximum Gasteiger partial charge on any atom is 0.152 e. The fourth-order valence-corrected chi connectivity index (χ4v) is 2.42. The third kappa shape index (κ3) is 3.24. The molecule has 0 bridgehead atoms. The van der Waals surface area contributed by atoms with Crippen LogP contribution in [0.5, 0.6) is 0 Å². The standard InChI is InChI=1S/C15H21F2NO/c1-9(2)13-8-11(6-7-19-13)18-15-12(16)5-4-10(3)14(15)17/h4-5,9,11,13,18H,6-8H2,1-3H3. The van der Waals surface area contributed by atoms with E-state index in [1.165, 1.54) is 12.1 Å². The van der Waals surface area contributed by atoms with E-state index in [2.05, 4.69) is 19.2 Å². The van der Waals surface area contributed by atoms with Crippen molar-refractivity contribution >= 4 is 5.69 Å². The number of aryl methyl sites for hydroxylation is 1. The van der Waals surface area contributed by atoms with E-state index in [1.54, 1.807) is 6.92 Å². The van der Waals surface area contributed by atoms with Gasteiger partial charge in [0.2, 0.25) is 0 Å². The monoisotopic (exact) mass is 269 g/mol. The Kier molecular flexibility index (Phi) is 4.40. The first-order valence-electron chi connectivity index (χ1n) is 6.81. The van der Waals surface area contributed by atoms with Crippen molar-refractivity contribution in [2.24, 2.45) is 5.92 Å². The summed E-state index contributed by atoms with van der Waals surface area (Å²) < 4.78 is 33.3. The van der Waals surface area contributed by atoms with Crippen molar-refractivity contribution in [3.63, 3.8) is 0 Å². The summed E-state index contributed by atoms with van der Waals surface area (Å²) in [6, 6.07) is 2.82. The molecular weight excluding hydrogens is 248 g/mol. The van der Waals surface area contributed by atoms with Gasteiger partial charge in [-0.15, -0.1) is 0 Å². The van der Waals surface area contributed by atoms with Crippen LogP contribution in [0.1, 0.15) is 32.3 Å². The Hall–Kier alpha value is -1.16. The number of hydrogen-bond acceptors (Lipinski definition) is 2. The first-order chi connectivity index (χ1) is 8.99. The number of benzene rings is 1. The van der Waals surface area contributed by atoms with Gasteiger partial charge in [0, 0.05) is 12.6 Å². The lowest BCUT2D eigenvalue weighted by molar-refractivity contribution is -0.0161. The summed E-state index contributed by atoms with van der Waals surface area (Å²) in [6.45, 7) is 6.47. The normalized spacial score (nSPS) is 23.7. The van der Waals surface area contributed by atoms with E-state index in [1.807, 2.05) is 0 Å². The highest BCUT2D eigenvalue weighted by atomic mass is 19.1. The topological polar surface area (TPSA) is 21.3 Å². The van der Waals surface area contributed by atoms with Gasteiger partial charge in [-0.3, -0.25) is 0 Å². The Labute approximate surface area is 113 Å². The first-order valence-corrected chi connectivity index (χ1v) is 6.81. The second kappa shape index (κ2) is 5.87. The minimum atomic E-state index is -0.532. The molecular formula is C15H21F2NO. The minimum Gasteiger partial charge on any atom is -0.378 e. The lowest BCUT2D eigenvalue weighted by Gasteiger charge is -2.33. The van der Waals surface area contributed by atoms with Crippen LogP contribution in [0.2, 0.25) is 0 Å². The molecule has 2 rings (SSSR count). The molecule has 0 amide bonds. The summed E-state index contributed by atoms with van der Waals surface area (Å²) in [4.78, 5) is 0. The second-order valence-electron chi connectivity index (χ2n) is 5.57. The number of anilines is 1. The Morgan fingerprint density at radius 1 is 1.32 bits per heavy atom. The van der Waals surface area contributed by atoms with Gasteiger partial charge in [0.15, 0.2) is 5.82 Å². The van der Waals surface area contributed by atoms with Crippen LogP contribution >= 0.6 is 0 Å². The number of halogens is 2.